The highest BCUT2D eigenvalue weighted by molar-refractivity contribution is 7.92. The van der Waals surface area contributed by atoms with Gasteiger partial charge in [0.2, 0.25) is 0 Å². The summed E-state index contributed by atoms with van der Waals surface area (Å²) >= 11 is 0. The van der Waals surface area contributed by atoms with Crippen molar-refractivity contribution in [1.82, 2.24) is 4.90 Å². The Morgan fingerprint density at radius 1 is 0.962 bits per heavy atom. The summed E-state index contributed by atoms with van der Waals surface area (Å²) in [4.78, 5) is 14.2. The van der Waals surface area contributed by atoms with Crippen molar-refractivity contribution in [1.29, 1.82) is 0 Å². The number of methoxy groups -OCH3 is 1. The van der Waals surface area contributed by atoms with Crippen LogP contribution in [0.4, 0.5) is 5.69 Å². The second-order valence-electron chi connectivity index (χ2n) is 5.67. The van der Waals surface area contributed by atoms with Crippen LogP contribution >= 0.6 is 0 Å². The monoisotopic (exact) mass is 376 g/mol. The SMILES string of the molecule is CCN(CC)C(=O)c1ccc(N(C)S(=O)(=O)c2ccc(OC)cc2)cc1. The van der Waals surface area contributed by atoms with Crippen LogP contribution in [0.3, 0.4) is 0 Å². The normalized spacial score (nSPS) is 11.1. The number of ether oxygens (including phenoxy) is 1. The maximum Gasteiger partial charge on any atom is 0.264 e. The largest absolute Gasteiger partial charge is 0.497 e. The fourth-order valence-electron chi connectivity index (χ4n) is 2.55. The van der Waals surface area contributed by atoms with Gasteiger partial charge in [0.1, 0.15) is 5.75 Å². The van der Waals surface area contributed by atoms with Crippen molar-refractivity contribution in [3.63, 3.8) is 0 Å². The fourth-order valence-corrected chi connectivity index (χ4v) is 3.75. The van der Waals surface area contributed by atoms with Gasteiger partial charge in [-0.05, 0) is 62.4 Å². The number of carbonyl (C=O) groups excluding carboxylic acids is 1. The maximum absolute atomic E-state index is 12.8. The van der Waals surface area contributed by atoms with Crippen LogP contribution in [0.1, 0.15) is 24.2 Å². The Kier molecular flexibility index (Phi) is 6.26. The highest BCUT2D eigenvalue weighted by Crippen LogP contribution is 2.24. The molecule has 7 heteroatoms. The molecule has 0 heterocycles. The van der Waals surface area contributed by atoms with Gasteiger partial charge in [0.25, 0.3) is 15.9 Å². The highest BCUT2D eigenvalue weighted by Gasteiger charge is 2.22. The molecule has 6 nitrogen and oxygen atoms in total. The minimum Gasteiger partial charge on any atom is -0.497 e. The lowest BCUT2D eigenvalue weighted by molar-refractivity contribution is 0.0773. The van der Waals surface area contributed by atoms with Crippen LogP contribution in [-0.4, -0.2) is 46.5 Å². The lowest BCUT2D eigenvalue weighted by Gasteiger charge is -2.21. The second kappa shape index (κ2) is 8.23. The molecule has 0 aliphatic carbocycles. The molecule has 0 fully saturated rings. The Morgan fingerprint density at radius 3 is 1.96 bits per heavy atom. The molecule has 0 radical (unpaired) electrons. The Bertz CT molecular complexity index is 842. The molecule has 0 spiro atoms. The first kappa shape index (κ1) is 19.8. The highest BCUT2D eigenvalue weighted by atomic mass is 32.2. The van der Waals surface area contributed by atoms with Gasteiger partial charge in [0, 0.05) is 25.7 Å². The molecule has 0 unspecified atom stereocenters. The molecule has 0 N–H and O–H groups in total. The van der Waals surface area contributed by atoms with Crippen LogP contribution in [0.2, 0.25) is 0 Å². The quantitative estimate of drug-likeness (QED) is 0.745. The molecule has 26 heavy (non-hydrogen) atoms. The molecular formula is C19H24N2O4S. The van der Waals surface area contributed by atoms with Gasteiger partial charge in [-0.3, -0.25) is 9.10 Å². The van der Waals surface area contributed by atoms with E-state index >= 15 is 0 Å². The molecule has 0 saturated carbocycles. The average Bonchev–Trinajstić information content (AvgIpc) is 2.68. The van der Waals surface area contributed by atoms with Crippen molar-refractivity contribution in [2.75, 3.05) is 31.6 Å². The van der Waals surface area contributed by atoms with E-state index in [4.69, 9.17) is 4.74 Å². The van der Waals surface area contributed by atoms with Crippen LogP contribution in [0.25, 0.3) is 0 Å². The van der Waals surface area contributed by atoms with Crippen molar-refractivity contribution < 1.29 is 17.9 Å². The Hall–Kier alpha value is -2.54. The van der Waals surface area contributed by atoms with Gasteiger partial charge in [-0.25, -0.2) is 8.42 Å². The number of hydrogen-bond donors (Lipinski definition) is 0. The van der Waals surface area contributed by atoms with Gasteiger partial charge in [0.05, 0.1) is 17.7 Å². The summed E-state index contributed by atoms with van der Waals surface area (Å²) in [7, 11) is -0.682. The van der Waals surface area contributed by atoms with Gasteiger partial charge >= 0.3 is 0 Å². The summed E-state index contributed by atoms with van der Waals surface area (Å²) in [5, 5.41) is 0. The molecular weight excluding hydrogens is 352 g/mol. The van der Waals surface area contributed by atoms with Crippen LogP contribution in [0.15, 0.2) is 53.4 Å². The van der Waals surface area contributed by atoms with Gasteiger partial charge in [0.15, 0.2) is 0 Å². The van der Waals surface area contributed by atoms with Crippen molar-refractivity contribution >= 4 is 21.6 Å². The van der Waals surface area contributed by atoms with E-state index in [1.54, 1.807) is 41.3 Å². The third kappa shape index (κ3) is 3.99. The Morgan fingerprint density at radius 2 is 1.50 bits per heavy atom. The van der Waals surface area contributed by atoms with E-state index < -0.39 is 10.0 Å². The van der Waals surface area contributed by atoms with Crippen molar-refractivity contribution in [3.05, 3.63) is 54.1 Å². The van der Waals surface area contributed by atoms with Crippen molar-refractivity contribution in [2.24, 2.45) is 0 Å². The van der Waals surface area contributed by atoms with Crippen molar-refractivity contribution in [2.45, 2.75) is 18.7 Å². The number of nitrogens with zero attached hydrogens (tertiary/aromatic N) is 2. The number of sulfonamides is 1. The molecule has 2 rings (SSSR count). The molecule has 140 valence electrons. The third-order valence-corrected chi connectivity index (χ3v) is 6.05. The lowest BCUT2D eigenvalue weighted by Crippen LogP contribution is -2.30. The van der Waals surface area contributed by atoms with Gasteiger partial charge < -0.3 is 9.64 Å². The molecule has 0 aromatic heterocycles. The van der Waals surface area contributed by atoms with Gasteiger partial charge in [-0.1, -0.05) is 0 Å². The topological polar surface area (TPSA) is 66.9 Å². The van der Waals surface area contributed by atoms with Crippen LogP contribution in [-0.2, 0) is 10.0 Å². The summed E-state index contributed by atoms with van der Waals surface area (Å²) in [6.45, 7) is 5.10. The fraction of sp³-hybridized carbons (Fsp3) is 0.316. The molecule has 2 aromatic carbocycles. The van der Waals surface area contributed by atoms with Crippen LogP contribution in [0, 0.1) is 0 Å². The van der Waals surface area contributed by atoms with E-state index in [0.717, 1.165) is 0 Å². The van der Waals surface area contributed by atoms with Crippen LogP contribution in [0.5, 0.6) is 5.75 Å². The third-order valence-electron chi connectivity index (χ3n) is 4.25. The van der Waals surface area contributed by atoms with Gasteiger partial charge in [-0.2, -0.15) is 0 Å². The number of benzene rings is 2. The molecule has 0 saturated heterocycles. The Labute approximate surface area is 155 Å². The van der Waals surface area contributed by atoms with E-state index in [0.29, 0.717) is 30.1 Å². The molecule has 0 atom stereocenters. The number of rotatable bonds is 7. The Balaban J connectivity index is 2.25. The zero-order valence-electron chi connectivity index (χ0n) is 15.5. The molecule has 0 bridgehead atoms. The minimum absolute atomic E-state index is 0.0674. The first-order valence-electron chi connectivity index (χ1n) is 8.37. The summed E-state index contributed by atoms with van der Waals surface area (Å²) in [5.74, 6) is 0.521. The van der Waals surface area contributed by atoms with E-state index in [1.165, 1.54) is 30.6 Å². The number of amides is 1. The first-order valence-corrected chi connectivity index (χ1v) is 9.81. The van der Waals surface area contributed by atoms with E-state index in [2.05, 4.69) is 0 Å². The smallest absolute Gasteiger partial charge is 0.264 e. The first-order chi connectivity index (χ1) is 12.3. The van der Waals surface area contributed by atoms with Crippen molar-refractivity contribution in [3.8, 4) is 5.75 Å². The molecule has 2 aromatic rings. The van der Waals surface area contributed by atoms with Gasteiger partial charge in [-0.15, -0.1) is 0 Å². The predicted molar refractivity (Wildman–Crippen MR) is 102 cm³/mol. The molecule has 0 aliphatic rings. The zero-order chi connectivity index (χ0) is 19.3. The van der Waals surface area contributed by atoms with E-state index in [1.807, 2.05) is 13.8 Å². The van der Waals surface area contributed by atoms with Crippen LogP contribution < -0.4 is 9.04 Å². The number of carbonyl (C=O) groups is 1. The van der Waals surface area contributed by atoms with E-state index in [-0.39, 0.29) is 10.8 Å². The minimum atomic E-state index is -3.69. The predicted octanol–water partition coefficient (Wildman–Crippen LogP) is 3.00. The number of hydrogen-bond acceptors (Lipinski definition) is 4. The molecule has 1 amide bonds. The zero-order valence-corrected chi connectivity index (χ0v) is 16.3. The van der Waals surface area contributed by atoms with E-state index in [9.17, 15) is 13.2 Å². The summed E-state index contributed by atoms with van der Waals surface area (Å²) < 4.78 is 31.8. The lowest BCUT2D eigenvalue weighted by atomic mass is 10.2. The average molecular weight is 376 g/mol. The number of anilines is 1. The standard InChI is InChI=1S/C19H24N2O4S/c1-5-21(6-2)19(22)15-7-9-16(10-8-15)20(3)26(23,24)18-13-11-17(25-4)12-14-18/h7-14H,5-6H2,1-4H3. The maximum atomic E-state index is 12.8. The summed E-state index contributed by atoms with van der Waals surface area (Å²) in [6.07, 6.45) is 0. The summed E-state index contributed by atoms with van der Waals surface area (Å²) in [5.41, 5.74) is 1.02. The second-order valence-corrected chi connectivity index (χ2v) is 7.64. The molecule has 0 aliphatic heterocycles. The summed E-state index contributed by atoms with van der Waals surface area (Å²) in [6, 6.07) is 12.8.